The number of carbonyl (C=O) groups is 1. The zero-order valence-corrected chi connectivity index (χ0v) is 14.3. The van der Waals surface area contributed by atoms with Crippen LogP contribution in [0.1, 0.15) is 21.6 Å². The van der Waals surface area contributed by atoms with E-state index in [0.717, 1.165) is 5.56 Å². The molecular formula is C15H13N5O2S2. The Balaban J connectivity index is 1.60. The van der Waals surface area contributed by atoms with Crippen molar-refractivity contribution >= 4 is 34.1 Å². The van der Waals surface area contributed by atoms with Crippen LogP contribution in [0.15, 0.2) is 45.8 Å². The van der Waals surface area contributed by atoms with Crippen molar-refractivity contribution in [3.8, 4) is 0 Å². The summed E-state index contributed by atoms with van der Waals surface area (Å²) >= 11 is 2.75. The molecule has 7 nitrogen and oxygen atoms in total. The van der Waals surface area contributed by atoms with E-state index in [-0.39, 0.29) is 11.5 Å². The summed E-state index contributed by atoms with van der Waals surface area (Å²) in [5.74, 6) is 0.417. The number of H-pyrrole nitrogens is 1. The minimum atomic E-state index is -0.235. The van der Waals surface area contributed by atoms with Crippen molar-refractivity contribution in [2.45, 2.75) is 17.8 Å². The van der Waals surface area contributed by atoms with E-state index in [0.29, 0.717) is 27.3 Å². The van der Waals surface area contributed by atoms with Crippen LogP contribution in [-0.4, -0.2) is 26.1 Å². The third-order valence-electron chi connectivity index (χ3n) is 3.08. The number of amides is 1. The number of thioether (sulfide) groups is 1. The quantitative estimate of drug-likeness (QED) is 0.679. The van der Waals surface area contributed by atoms with Crippen molar-refractivity contribution in [2.75, 3.05) is 5.32 Å². The molecule has 9 heteroatoms. The van der Waals surface area contributed by atoms with E-state index in [9.17, 15) is 9.59 Å². The summed E-state index contributed by atoms with van der Waals surface area (Å²) in [5.41, 5.74) is 1.67. The molecule has 2 aromatic heterocycles. The topological polar surface area (TPSA) is 101 Å². The number of benzene rings is 1. The average Bonchev–Trinajstić information content (AvgIpc) is 3.09. The third kappa shape index (κ3) is 4.06. The van der Waals surface area contributed by atoms with Crippen molar-refractivity contribution in [1.82, 2.24) is 20.2 Å². The molecule has 24 heavy (non-hydrogen) atoms. The number of rotatable bonds is 5. The molecular weight excluding hydrogens is 346 g/mol. The summed E-state index contributed by atoms with van der Waals surface area (Å²) in [5, 5.41) is 13.3. The molecule has 0 atom stereocenters. The van der Waals surface area contributed by atoms with Gasteiger partial charge in [0.1, 0.15) is 5.69 Å². The highest BCUT2D eigenvalue weighted by Crippen LogP contribution is 2.18. The number of aryl methyl sites for hydroxylation is 1. The van der Waals surface area contributed by atoms with Gasteiger partial charge in [-0.3, -0.25) is 19.9 Å². The molecule has 0 fully saturated rings. The molecule has 0 radical (unpaired) electrons. The molecule has 0 bridgehead atoms. The van der Waals surface area contributed by atoms with Gasteiger partial charge in [0.25, 0.3) is 11.5 Å². The summed E-state index contributed by atoms with van der Waals surface area (Å²) in [6.45, 7) is 1.61. The molecule has 0 unspecified atom stereocenters. The predicted molar refractivity (Wildman–Crippen MR) is 93.5 cm³/mol. The summed E-state index contributed by atoms with van der Waals surface area (Å²) < 4.78 is 0. The number of nitrogens with one attached hydrogen (secondary N) is 2. The molecule has 122 valence electrons. The lowest BCUT2D eigenvalue weighted by Crippen LogP contribution is -2.14. The normalized spacial score (nSPS) is 10.5. The average molecular weight is 359 g/mol. The SMILES string of the molecule is Cc1nnc(SCc2ccc(C(=O)Nc3nccs3)cc2)[nH]c1=O. The fourth-order valence-electron chi connectivity index (χ4n) is 1.80. The van der Waals surface area contributed by atoms with E-state index in [1.54, 1.807) is 30.6 Å². The highest BCUT2D eigenvalue weighted by molar-refractivity contribution is 7.98. The van der Waals surface area contributed by atoms with Crippen LogP contribution in [-0.2, 0) is 5.75 Å². The number of aromatic nitrogens is 4. The standard InChI is InChI=1S/C15H13N5O2S2/c1-9-12(21)17-15(20-19-9)24-8-10-2-4-11(5-3-10)13(22)18-14-16-6-7-23-14/h2-7H,8H2,1H3,(H,16,18,22)(H,17,20,21). The zero-order chi connectivity index (χ0) is 16.9. The minimum absolute atomic E-state index is 0.196. The molecule has 0 saturated carbocycles. The monoisotopic (exact) mass is 359 g/mol. The predicted octanol–water partition coefficient (Wildman–Crippen LogP) is 2.47. The van der Waals surface area contributed by atoms with E-state index in [2.05, 4.69) is 25.5 Å². The molecule has 1 aromatic carbocycles. The first-order valence-electron chi connectivity index (χ1n) is 6.98. The molecule has 0 aliphatic heterocycles. The Morgan fingerprint density at radius 2 is 2.08 bits per heavy atom. The molecule has 3 rings (SSSR count). The fraction of sp³-hybridized carbons (Fsp3) is 0.133. The van der Waals surface area contributed by atoms with Crippen molar-refractivity contribution in [3.63, 3.8) is 0 Å². The van der Waals surface area contributed by atoms with E-state index in [1.165, 1.54) is 23.1 Å². The largest absolute Gasteiger partial charge is 0.298 e. The Morgan fingerprint density at radius 1 is 1.29 bits per heavy atom. The molecule has 0 saturated heterocycles. The molecule has 0 aliphatic rings. The van der Waals surface area contributed by atoms with Crippen LogP contribution in [0.4, 0.5) is 5.13 Å². The summed E-state index contributed by atoms with van der Waals surface area (Å²) in [6.07, 6.45) is 1.64. The second kappa shape index (κ2) is 7.37. The molecule has 2 N–H and O–H groups in total. The van der Waals surface area contributed by atoms with Gasteiger partial charge in [-0.25, -0.2) is 4.98 Å². The molecule has 3 aromatic rings. The summed E-state index contributed by atoms with van der Waals surface area (Å²) in [4.78, 5) is 30.2. The number of thiazole rings is 1. The molecule has 2 heterocycles. The van der Waals surface area contributed by atoms with Gasteiger partial charge in [-0.2, -0.15) is 0 Å². The Bertz CT molecular complexity index is 891. The van der Waals surface area contributed by atoms with Gasteiger partial charge in [0, 0.05) is 22.9 Å². The lowest BCUT2D eigenvalue weighted by Gasteiger charge is -2.04. The van der Waals surface area contributed by atoms with Gasteiger partial charge >= 0.3 is 0 Å². The Hall–Kier alpha value is -2.52. The second-order valence-corrected chi connectivity index (χ2v) is 6.68. The van der Waals surface area contributed by atoms with E-state index in [4.69, 9.17) is 0 Å². The van der Waals surface area contributed by atoms with Crippen molar-refractivity contribution in [1.29, 1.82) is 0 Å². The number of hydrogen-bond acceptors (Lipinski definition) is 7. The summed E-state index contributed by atoms with van der Waals surface area (Å²) in [6, 6.07) is 7.23. The van der Waals surface area contributed by atoms with E-state index < -0.39 is 0 Å². The number of nitrogens with zero attached hydrogens (tertiary/aromatic N) is 3. The van der Waals surface area contributed by atoms with Gasteiger partial charge in [0.2, 0.25) is 0 Å². The lowest BCUT2D eigenvalue weighted by molar-refractivity contribution is 0.102. The van der Waals surface area contributed by atoms with Gasteiger partial charge < -0.3 is 0 Å². The number of hydrogen-bond donors (Lipinski definition) is 2. The first kappa shape index (κ1) is 16.3. The Morgan fingerprint density at radius 3 is 2.75 bits per heavy atom. The zero-order valence-electron chi connectivity index (χ0n) is 12.6. The van der Waals surface area contributed by atoms with Gasteiger partial charge in [-0.15, -0.1) is 21.5 Å². The Kier molecular flexibility index (Phi) is 5.02. The molecule has 0 aliphatic carbocycles. The number of aromatic amines is 1. The molecule has 1 amide bonds. The van der Waals surface area contributed by atoms with Crippen molar-refractivity contribution in [3.05, 3.63) is 63.0 Å². The fourth-order valence-corrected chi connectivity index (χ4v) is 3.09. The first-order valence-corrected chi connectivity index (χ1v) is 8.84. The van der Waals surface area contributed by atoms with Crippen molar-refractivity contribution < 1.29 is 4.79 Å². The van der Waals surface area contributed by atoms with Gasteiger partial charge in [0.05, 0.1) is 0 Å². The third-order valence-corrected chi connectivity index (χ3v) is 4.71. The smallest absolute Gasteiger partial charge is 0.273 e. The van der Waals surface area contributed by atoms with Crippen LogP contribution < -0.4 is 10.9 Å². The van der Waals surface area contributed by atoms with Gasteiger partial charge in [-0.05, 0) is 24.6 Å². The highest BCUT2D eigenvalue weighted by Gasteiger charge is 2.08. The second-order valence-electron chi connectivity index (χ2n) is 4.82. The van der Waals surface area contributed by atoms with Crippen LogP contribution in [0.2, 0.25) is 0 Å². The van der Waals surface area contributed by atoms with Crippen LogP contribution in [0.5, 0.6) is 0 Å². The Labute approximate surface area is 145 Å². The molecule has 0 spiro atoms. The van der Waals surface area contributed by atoms with Crippen LogP contribution in [0.25, 0.3) is 0 Å². The van der Waals surface area contributed by atoms with Gasteiger partial charge in [0.15, 0.2) is 10.3 Å². The van der Waals surface area contributed by atoms with Crippen LogP contribution in [0.3, 0.4) is 0 Å². The van der Waals surface area contributed by atoms with E-state index >= 15 is 0 Å². The van der Waals surface area contributed by atoms with Crippen molar-refractivity contribution in [2.24, 2.45) is 0 Å². The van der Waals surface area contributed by atoms with E-state index in [1.807, 2.05) is 12.1 Å². The maximum Gasteiger partial charge on any atom is 0.273 e. The van der Waals surface area contributed by atoms with Gasteiger partial charge in [-0.1, -0.05) is 23.9 Å². The van der Waals surface area contributed by atoms with Crippen LogP contribution in [0, 0.1) is 6.92 Å². The summed E-state index contributed by atoms with van der Waals surface area (Å²) in [7, 11) is 0. The maximum absolute atomic E-state index is 12.1. The lowest BCUT2D eigenvalue weighted by atomic mass is 10.1. The first-order chi connectivity index (χ1) is 11.6. The van der Waals surface area contributed by atoms with Crippen LogP contribution >= 0.6 is 23.1 Å². The highest BCUT2D eigenvalue weighted by atomic mass is 32.2. The minimum Gasteiger partial charge on any atom is -0.298 e. The maximum atomic E-state index is 12.1. The number of anilines is 1. The number of carbonyl (C=O) groups excluding carboxylic acids is 1.